The van der Waals surface area contributed by atoms with Crippen LogP contribution in [-0.4, -0.2) is 26.4 Å². The van der Waals surface area contributed by atoms with Crippen molar-refractivity contribution in [3.63, 3.8) is 0 Å². The Morgan fingerprint density at radius 1 is 1.36 bits per heavy atom. The number of guanidine groups is 1. The van der Waals surface area contributed by atoms with Gasteiger partial charge >= 0.3 is 0 Å². The molecule has 6 nitrogen and oxygen atoms in total. The highest BCUT2D eigenvalue weighted by Gasteiger charge is 2.16. The summed E-state index contributed by atoms with van der Waals surface area (Å²) in [5, 5.41) is 3.00. The molecule has 3 rings (SSSR count). The van der Waals surface area contributed by atoms with E-state index in [1.807, 2.05) is 24.3 Å². The molecule has 132 valence electrons. The van der Waals surface area contributed by atoms with Gasteiger partial charge in [0.15, 0.2) is 12.8 Å². The van der Waals surface area contributed by atoms with Crippen molar-refractivity contribution in [2.75, 3.05) is 25.8 Å². The maximum atomic E-state index is 13.7. The molecule has 1 aliphatic rings. The summed E-state index contributed by atoms with van der Waals surface area (Å²) < 4.78 is 29.5. The van der Waals surface area contributed by atoms with Gasteiger partial charge in [0.05, 0.1) is 13.7 Å². The van der Waals surface area contributed by atoms with Crippen LogP contribution in [0.2, 0.25) is 0 Å². The summed E-state index contributed by atoms with van der Waals surface area (Å²) in [7, 11) is 1.60. The zero-order valence-corrected chi connectivity index (χ0v) is 13.9. The van der Waals surface area contributed by atoms with Gasteiger partial charge in [0.25, 0.3) is 0 Å². The van der Waals surface area contributed by atoms with Gasteiger partial charge in [-0.15, -0.1) is 0 Å². The van der Waals surface area contributed by atoms with Crippen LogP contribution in [0, 0.1) is 5.82 Å². The van der Waals surface area contributed by atoms with E-state index in [4.69, 9.17) is 19.9 Å². The third kappa shape index (κ3) is 4.39. The van der Waals surface area contributed by atoms with Crippen molar-refractivity contribution in [1.82, 2.24) is 0 Å². The molecule has 0 fully saturated rings. The average Bonchev–Trinajstić information content (AvgIpc) is 2.61. The first-order valence-corrected chi connectivity index (χ1v) is 7.88. The Bertz CT molecular complexity index is 780. The zero-order valence-electron chi connectivity index (χ0n) is 13.9. The fourth-order valence-corrected chi connectivity index (χ4v) is 2.63. The molecule has 0 atom stereocenters. The van der Waals surface area contributed by atoms with Crippen LogP contribution in [-0.2, 0) is 17.8 Å². The topological polar surface area (TPSA) is 78.1 Å². The molecule has 0 amide bonds. The Morgan fingerprint density at radius 3 is 3.08 bits per heavy atom. The molecule has 3 N–H and O–H groups in total. The number of methoxy groups -OCH3 is 1. The fraction of sp³-hybridized carbons (Fsp3) is 0.278. The van der Waals surface area contributed by atoms with Crippen molar-refractivity contribution in [3.8, 4) is 11.5 Å². The van der Waals surface area contributed by atoms with Crippen molar-refractivity contribution in [2.24, 2.45) is 10.7 Å². The number of nitrogens with two attached hydrogens (primary N) is 1. The van der Waals surface area contributed by atoms with Crippen molar-refractivity contribution in [2.45, 2.75) is 13.0 Å². The predicted molar refractivity (Wildman–Crippen MR) is 93.5 cm³/mol. The van der Waals surface area contributed by atoms with Gasteiger partial charge in [-0.05, 0) is 36.2 Å². The number of benzene rings is 2. The summed E-state index contributed by atoms with van der Waals surface area (Å²) in [5.74, 6) is 1.38. The molecule has 1 aliphatic heterocycles. The molecule has 2 aromatic carbocycles. The number of nitrogens with zero attached hydrogens (tertiary/aromatic N) is 1. The third-order valence-electron chi connectivity index (χ3n) is 3.76. The third-order valence-corrected chi connectivity index (χ3v) is 3.76. The van der Waals surface area contributed by atoms with Crippen LogP contribution in [0.3, 0.4) is 0 Å². The number of halogens is 1. The van der Waals surface area contributed by atoms with Crippen molar-refractivity contribution in [3.05, 3.63) is 53.3 Å². The Morgan fingerprint density at radius 2 is 2.24 bits per heavy atom. The molecule has 0 saturated heterocycles. The van der Waals surface area contributed by atoms with Crippen LogP contribution in [0.15, 0.2) is 41.4 Å². The van der Waals surface area contributed by atoms with Gasteiger partial charge in [-0.25, -0.2) is 4.39 Å². The summed E-state index contributed by atoms with van der Waals surface area (Å²) in [6.07, 6.45) is 0.514. The lowest BCUT2D eigenvalue weighted by molar-refractivity contribution is -0.0172. The quantitative estimate of drug-likeness (QED) is 0.643. The maximum absolute atomic E-state index is 13.7. The minimum atomic E-state index is -0.311. The molecule has 0 saturated carbocycles. The largest absolute Gasteiger partial charge is 0.497 e. The second-order valence-electron chi connectivity index (χ2n) is 5.54. The van der Waals surface area contributed by atoms with E-state index < -0.39 is 0 Å². The Balaban J connectivity index is 1.63. The second-order valence-corrected chi connectivity index (χ2v) is 5.54. The SMILES string of the molecule is COc1cccc(NC(N)=NCCc2cc(F)cc3c2OCOC3)c1. The standard InChI is InChI=1S/C18H20FN3O3/c1-23-16-4-2-3-15(9-16)22-18(20)21-6-5-12-7-14(19)8-13-10-24-11-25-17(12)13/h2-4,7-9H,5-6,10-11H2,1H3,(H3,20,21,22). The summed E-state index contributed by atoms with van der Waals surface area (Å²) in [4.78, 5) is 4.28. The zero-order chi connectivity index (χ0) is 17.6. The molecule has 25 heavy (non-hydrogen) atoms. The van der Waals surface area contributed by atoms with Gasteiger partial charge in [-0.1, -0.05) is 6.07 Å². The molecule has 7 heteroatoms. The fourth-order valence-electron chi connectivity index (χ4n) is 2.63. The molecule has 1 heterocycles. The number of anilines is 1. The molecule has 0 radical (unpaired) electrons. The number of hydrogen-bond donors (Lipinski definition) is 2. The minimum Gasteiger partial charge on any atom is -0.497 e. The number of rotatable bonds is 5. The average molecular weight is 345 g/mol. The van der Waals surface area contributed by atoms with E-state index >= 15 is 0 Å². The lowest BCUT2D eigenvalue weighted by Gasteiger charge is -2.20. The second kappa shape index (κ2) is 7.85. The number of ether oxygens (including phenoxy) is 3. The molecule has 0 bridgehead atoms. The molecule has 0 aromatic heterocycles. The molecular weight excluding hydrogens is 325 g/mol. The van der Waals surface area contributed by atoms with E-state index in [0.29, 0.717) is 30.9 Å². The van der Waals surface area contributed by atoms with Crippen LogP contribution >= 0.6 is 0 Å². The molecular formula is C18H20FN3O3. The van der Waals surface area contributed by atoms with Crippen LogP contribution < -0.4 is 20.5 Å². The predicted octanol–water partition coefficient (Wildman–Crippen LogP) is 2.67. The van der Waals surface area contributed by atoms with E-state index in [1.54, 1.807) is 7.11 Å². The first-order chi connectivity index (χ1) is 12.2. The molecule has 0 spiro atoms. The maximum Gasteiger partial charge on any atom is 0.193 e. The highest BCUT2D eigenvalue weighted by molar-refractivity contribution is 5.92. The smallest absolute Gasteiger partial charge is 0.193 e. The summed E-state index contributed by atoms with van der Waals surface area (Å²) >= 11 is 0. The highest BCUT2D eigenvalue weighted by Crippen LogP contribution is 2.29. The molecule has 2 aromatic rings. The lowest BCUT2D eigenvalue weighted by atomic mass is 10.1. The first-order valence-electron chi connectivity index (χ1n) is 7.88. The van der Waals surface area contributed by atoms with Gasteiger partial charge in [0.1, 0.15) is 17.3 Å². The van der Waals surface area contributed by atoms with Crippen molar-refractivity contribution < 1.29 is 18.6 Å². The Hall–Kier alpha value is -2.80. The molecule has 0 aliphatic carbocycles. The van der Waals surface area contributed by atoms with E-state index in [-0.39, 0.29) is 18.6 Å². The highest BCUT2D eigenvalue weighted by atomic mass is 19.1. The van der Waals surface area contributed by atoms with E-state index in [9.17, 15) is 4.39 Å². The van der Waals surface area contributed by atoms with Crippen LogP contribution in [0.1, 0.15) is 11.1 Å². The van der Waals surface area contributed by atoms with Gasteiger partial charge in [-0.2, -0.15) is 0 Å². The summed E-state index contributed by atoms with van der Waals surface area (Å²) in [6, 6.07) is 10.3. The van der Waals surface area contributed by atoms with E-state index in [2.05, 4.69) is 10.3 Å². The van der Waals surface area contributed by atoms with E-state index in [1.165, 1.54) is 12.1 Å². The van der Waals surface area contributed by atoms with Gasteiger partial charge in [0.2, 0.25) is 0 Å². The van der Waals surface area contributed by atoms with Crippen molar-refractivity contribution in [1.29, 1.82) is 0 Å². The van der Waals surface area contributed by atoms with Gasteiger partial charge < -0.3 is 25.3 Å². The van der Waals surface area contributed by atoms with Crippen molar-refractivity contribution >= 4 is 11.6 Å². The van der Waals surface area contributed by atoms with Gasteiger partial charge in [-0.3, -0.25) is 4.99 Å². The number of fused-ring (bicyclic) bond motifs is 1. The van der Waals surface area contributed by atoms with E-state index in [0.717, 1.165) is 17.0 Å². The lowest BCUT2D eigenvalue weighted by Crippen LogP contribution is -2.23. The number of hydrogen-bond acceptors (Lipinski definition) is 4. The number of aliphatic imine (C=N–C) groups is 1. The monoisotopic (exact) mass is 345 g/mol. The van der Waals surface area contributed by atoms with Crippen LogP contribution in [0.5, 0.6) is 11.5 Å². The Labute approximate surface area is 145 Å². The first kappa shape index (κ1) is 17.0. The molecule has 0 unspecified atom stereocenters. The van der Waals surface area contributed by atoms with Crippen LogP contribution in [0.4, 0.5) is 10.1 Å². The minimum absolute atomic E-state index is 0.175. The summed E-state index contributed by atoms with van der Waals surface area (Å²) in [5.41, 5.74) is 8.16. The number of nitrogens with one attached hydrogen (secondary N) is 1. The normalized spacial score (nSPS) is 13.8. The van der Waals surface area contributed by atoms with Gasteiger partial charge in [0, 0.05) is 23.9 Å². The summed E-state index contributed by atoms with van der Waals surface area (Å²) in [6.45, 7) is 0.931. The Kier molecular flexibility index (Phi) is 5.35. The van der Waals surface area contributed by atoms with Crippen LogP contribution in [0.25, 0.3) is 0 Å².